The monoisotopic (exact) mass is 631 g/mol. The number of rotatable bonds is 2. The van der Waals surface area contributed by atoms with Gasteiger partial charge in [0.2, 0.25) is 0 Å². The van der Waals surface area contributed by atoms with E-state index in [0.29, 0.717) is 0 Å². The zero-order valence-corrected chi connectivity index (χ0v) is 22.1. The Morgan fingerprint density at radius 3 is 2.36 bits per heavy atom. The molecular formula is C28H24IrNO2S-. The van der Waals surface area contributed by atoms with Crippen LogP contribution in [0.5, 0.6) is 0 Å². The minimum atomic E-state index is -0.125. The average Bonchev–Trinajstić information content (AvgIpc) is 3.13. The first kappa shape index (κ1) is 24.8. The second-order valence-corrected chi connectivity index (χ2v) is 8.94. The van der Waals surface area contributed by atoms with Crippen molar-refractivity contribution in [1.82, 2.24) is 4.98 Å². The Hall–Kier alpha value is -2.85. The number of allylic oxidation sites excluding steroid dienone is 2. The minimum absolute atomic E-state index is 0. The number of fused-ring (bicyclic) bond motifs is 5. The summed E-state index contributed by atoms with van der Waals surface area (Å²) in [4.78, 5) is 15.0. The maximum Gasteiger partial charge on any atom is 0.155 e. The van der Waals surface area contributed by atoms with Gasteiger partial charge in [-0.15, -0.1) is 47.2 Å². The summed E-state index contributed by atoms with van der Waals surface area (Å²) >= 11 is 1.88. The van der Waals surface area contributed by atoms with Crippen molar-refractivity contribution in [3.8, 4) is 11.3 Å². The van der Waals surface area contributed by atoms with Crippen LogP contribution in [0.3, 0.4) is 0 Å². The third kappa shape index (κ3) is 5.22. The number of hydrogen-bond donors (Lipinski definition) is 1. The number of ketones is 1. The van der Waals surface area contributed by atoms with Gasteiger partial charge >= 0.3 is 0 Å². The molecule has 1 N–H and O–H groups in total. The molecule has 3 aromatic carbocycles. The van der Waals surface area contributed by atoms with Gasteiger partial charge in [0.15, 0.2) is 5.78 Å². The van der Waals surface area contributed by atoms with E-state index in [-0.39, 0.29) is 31.6 Å². The predicted octanol–water partition coefficient (Wildman–Crippen LogP) is 7.72. The van der Waals surface area contributed by atoms with Gasteiger partial charge in [0, 0.05) is 41.0 Å². The number of carbonyl (C=O) groups is 1. The Morgan fingerprint density at radius 2 is 1.73 bits per heavy atom. The molecule has 1 radical (unpaired) electrons. The topological polar surface area (TPSA) is 50.2 Å². The molecule has 2 aromatic heterocycles. The summed E-state index contributed by atoms with van der Waals surface area (Å²) in [5.41, 5.74) is 5.76. The molecule has 0 atom stereocenters. The van der Waals surface area contributed by atoms with E-state index in [9.17, 15) is 4.79 Å². The quantitative estimate of drug-likeness (QED) is 0.123. The molecule has 0 aliphatic heterocycles. The van der Waals surface area contributed by atoms with Crippen LogP contribution in [-0.2, 0) is 24.9 Å². The van der Waals surface area contributed by atoms with E-state index in [1.54, 1.807) is 0 Å². The van der Waals surface area contributed by atoms with E-state index in [1.807, 2.05) is 23.5 Å². The number of nitrogens with zero attached hydrogens (tertiary/aromatic N) is 1. The summed E-state index contributed by atoms with van der Waals surface area (Å²) in [6, 6.07) is 24.5. The smallest absolute Gasteiger partial charge is 0.155 e. The van der Waals surface area contributed by atoms with Crippen molar-refractivity contribution in [2.24, 2.45) is 0 Å². The van der Waals surface area contributed by atoms with Crippen molar-refractivity contribution in [3.05, 3.63) is 89.7 Å². The van der Waals surface area contributed by atoms with Crippen molar-refractivity contribution < 1.29 is 30.0 Å². The zero-order chi connectivity index (χ0) is 22.8. The summed E-state index contributed by atoms with van der Waals surface area (Å²) in [6.07, 6.45) is 1.17. The van der Waals surface area contributed by atoms with E-state index in [4.69, 9.17) is 10.1 Å². The van der Waals surface area contributed by atoms with E-state index in [2.05, 4.69) is 68.4 Å². The number of hydrogen-bond acceptors (Lipinski definition) is 4. The average molecular weight is 631 g/mol. The number of para-hydroxylation sites is 1. The van der Waals surface area contributed by atoms with Gasteiger partial charge in [0.25, 0.3) is 0 Å². The van der Waals surface area contributed by atoms with Crippen LogP contribution >= 0.6 is 11.3 Å². The summed E-state index contributed by atoms with van der Waals surface area (Å²) < 4.78 is 2.68. The Morgan fingerprint density at radius 1 is 1.00 bits per heavy atom. The van der Waals surface area contributed by atoms with Crippen LogP contribution in [0.2, 0.25) is 0 Å². The largest absolute Gasteiger partial charge is 0.512 e. The van der Waals surface area contributed by atoms with E-state index >= 15 is 0 Å². The summed E-state index contributed by atoms with van der Waals surface area (Å²) in [6.45, 7) is 7.22. The Bertz CT molecular complexity index is 1480. The van der Waals surface area contributed by atoms with Gasteiger partial charge in [-0.05, 0) is 55.8 Å². The van der Waals surface area contributed by atoms with Gasteiger partial charge in [0.1, 0.15) is 0 Å². The van der Waals surface area contributed by atoms with E-state index in [1.165, 1.54) is 56.6 Å². The fourth-order valence-electron chi connectivity index (χ4n) is 3.94. The predicted molar refractivity (Wildman–Crippen MR) is 135 cm³/mol. The van der Waals surface area contributed by atoms with Crippen molar-refractivity contribution in [2.75, 3.05) is 0 Å². The molecule has 0 spiro atoms. The molecule has 0 saturated heterocycles. The van der Waals surface area contributed by atoms with Crippen LogP contribution in [0.4, 0.5) is 0 Å². The van der Waals surface area contributed by atoms with Crippen molar-refractivity contribution in [1.29, 1.82) is 0 Å². The number of aryl methyl sites for hydroxylation is 2. The Balaban J connectivity index is 0.000000337. The van der Waals surface area contributed by atoms with Gasteiger partial charge in [-0.25, -0.2) is 0 Å². The van der Waals surface area contributed by atoms with Crippen LogP contribution in [0, 0.1) is 19.9 Å². The number of aliphatic hydroxyl groups excluding tert-OH is 1. The van der Waals surface area contributed by atoms with Gasteiger partial charge in [-0.2, -0.15) is 0 Å². The molecule has 0 aliphatic carbocycles. The summed E-state index contributed by atoms with van der Waals surface area (Å²) in [5.74, 6) is -0.0625. The fourth-order valence-corrected chi connectivity index (χ4v) is 5.23. The number of thiophene rings is 1. The third-order valence-electron chi connectivity index (χ3n) is 5.11. The second kappa shape index (κ2) is 10.4. The van der Waals surface area contributed by atoms with Gasteiger partial charge in [-0.3, -0.25) is 9.78 Å². The number of aliphatic hydroxyl groups is 1. The molecule has 0 unspecified atom stereocenters. The third-order valence-corrected chi connectivity index (χ3v) is 6.49. The fraction of sp³-hybridized carbons (Fsp3) is 0.143. The van der Waals surface area contributed by atoms with Gasteiger partial charge < -0.3 is 5.11 Å². The molecule has 0 fully saturated rings. The molecule has 5 heteroatoms. The van der Waals surface area contributed by atoms with Crippen LogP contribution in [0.1, 0.15) is 25.0 Å². The van der Waals surface area contributed by atoms with Crippen LogP contribution in [0.15, 0.2) is 72.5 Å². The van der Waals surface area contributed by atoms with Crippen molar-refractivity contribution >= 4 is 48.2 Å². The van der Waals surface area contributed by atoms with Crippen molar-refractivity contribution in [2.45, 2.75) is 27.7 Å². The Kier molecular flexibility index (Phi) is 7.80. The first-order valence-electron chi connectivity index (χ1n) is 10.4. The minimum Gasteiger partial charge on any atom is -0.512 e. The molecular weight excluding hydrogens is 607 g/mol. The zero-order valence-electron chi connectivity index (χ0n) is 18.9. The molecule has 0 aliphatic rings. The molecule has 2 heterocycles. The second-order valence-electron chi connectivity index (χ2n) is 7.91. The molecule has 3 nitrogen and oxygen atoms in total. The maximum absolute atomic E-state index is 10.0. The van der Waals surface area contributed by atoms with E-state index in [0.717, 1.165) is 16.8 Å². The molecule has 5 rings (SSSR count). The van der Waals surface area contributed by atoms with Gasteiger partial charge in [-0.1, -0.05) is 35.9 Å². The van der Waals surface area contributed by atoms with Crippen LogP contribution < -0.4 is 0 Å². The summed E-state index contributed by atoms with van der Waals surface area (Å²) in [5, 5.41) is 12.2. The standard InChI is InChI=1S/C23H16NS.C5H8O2.Ir/c1-14-12-15(2)22-18(13-14)20-21(16-8-4-3-5-9-16)24-19-11-7-6-10-17(19)23(20)25-22;1-4(6)3-5(2)7;/h3-8,10-13H,1-2H3;3,6H,1-2H3;/q-1;;/b;4-3-;. The molecule has 0 saturated carbocycles. The number of benzene rings is 3. The maximum atomic E-state index is 10.0. The number of pyridine rings is 1. The summed E-state index contributed by atoms with van der Waals surface area (Å²) in [7, 11) is 0. The molecule has 33 heavy (non-hydrogen) atoms. The molecule has 169 valence electrons. The molecule has 0 bridgehead atoms. The number of carbonyl (C=O) groups excluding carboxylic acids is 1. The first-order chi connectivity index (χ1) is 15.3. The van der Waals surface area contributed by atoms with Crippen LogP contribution in [-0.4, -0.2) is 15.9 Å². The Labute approximate surface area is 211 Å². The normalized spacial score (nSPS) is 11.2. The van der Waals surface area contributed by atoms with E-state index < -0.39 is 0 Å². The van der Waals surface area contributed by atoms with Crippen LogP contribution in [0.25, 0.3) is 42.3 Å². The number of aromatic nitrogens is 1. The molecule has 0 amide bonds. The van der Waals surface area contributed by atoms with Gasteiger partial charge in [0.05, 0.1) is 11.3 Å². The molecule has 5 aromatic rings. The SMILES string of the molecule is CC(=O)/C=C(/C)O.Cc1cc(C)c2sc3c4ccccc4nc(-c4[c-]cccc4)c3c2c1.[Ir]. The van der Waals surface area contributed by atoms with Crippen molar-refractivity contribution in [3.63, 3.8) is 0 Å². The first-order valence-corrected chi connectivity index (χ1v) is 11.2.